The molecule has 1 aliphatic heterocycles. The molecule has 0 saturated carbocycles. The lowest BCUT2D eigenvalue weighted by atomic mass is 10.3. The molecule has 23 heavy (non-hydrogen) atoms. The van der Waals surface area contributed by atoms with Crippen LogP contribution in [0.2, 0.25) is 0 Å². The van der Waals surface area contributed by atoms with Crippen LogP contribution < -0.4 is 4.74 Å². The van der Waals surface area contributed by atoms with E-state index in [0.29, 0.717) is 24.4 Å². The van der Waals surface area contributed by atoms with Gasteiger partial charge in [-0.1, -0.05) is 20.8 Å². The van der Waals surface area contributed by atoms with Crippen molar-refractivity contribution in [3.05, 3.63) is 12.2 Å². The lowest BCUT2D eigenvalue weighted by molar-refractivity contribution is -0.130. The number of hydrogen-bond donors (Lipinski definition) is 0. The van der Waals surface area contributed by atoms with E-state index in [1.54, 1.807) is 0 Å². The van der Waals surface area contributed by atoms with Gasteiger partial charge in [-0.25, -0.2) is 9.97 Å². The van der Waals surface area contributed by atoms with Crippen LogP contribution in [0.5, 0.6) is 5.88 Å². The maximum absolute atomic E-state index is 11.7. The third-order valence-corrected chi connectivity index (χ3v) is 3.92. The normalized spacial score (nSPS) is 17.1. The van der Waals surface area contributed by atoms with Gasteiger partial charge in [0, 0.05) is 26.4 Å². The quantitative estimate of drug-likeness (QED) is 0.866. The molecule has 0 unspecified atom stereocenters. The van der Waals surface area contributed by atoms with Crippen molar-refractivity contribution in [3.8, 4) is 5.88 Å². The van der Waals surface area contributed by atoms with Crippen LogP contribution in [-0.2, 0) is 11.8 Å². The third kappa shape index (κ3) is 3.43. The summed E-state index contributed by atoms with van der Waals surface area (Å²) < 4.78 is 7.87. The largest absolute Gasteiger partial charge is 0.471 e. The van der Waals surface area contributed by atoms with Gasteiger partial charge in [-0.2, -0.15) is 4.98 Å². The van der Waals surface area contributed by atoms with Crippen molar-refractivity contribution in [2.75, 3.05) is 13.1 Å². The average Bonchev–Trinajstić information content (AvgIpc) is 3.15. The average molecular weight is 319 g/mol. The molecule has 0 bridgehead atoms. The zero-order chi connectivity index (χ0) is 17.0. The Kier molecular flexibility index (Phi) is 5.52. The highest BCUT2D eigenvalue weighted by molar-refractivity contribution is 5.77. The molecule has 7 nitrogen and oxygen atoms in total. The molecule has 1 aliphatic rings. The number of rotatable bonds is 3. The molecular weight excluding hydrogens is 294 g/mol. The fourth-order valence-corrected chi connectivity index (χ4v) is 2.61. The minimum atomic E-state index is -0.0269. The highest BCUT2D eigenvalue weighted by atomic mass is 16.5. The maximum atomic E-state index is 11.7. The Balaban J connectivity index is 0.000000924. The van der Waals surface area contributed by atoms with Gasteiger partial charge in [0.05, 0.1) is 6.54 Å². The van der Waals surface area contributed by atoms with E-state index >= 15 is 0 Å². The number of carbonyl (C=O) groups is 1. The van der Waals surface area contributed by atoms with Crippen LogP contribution in [0.1, 0.15) is 39.4 Å². The highest BCUT2D eigenvalue weighted by Crippen LogP contribution is 2.24. The van der Waals surface area contributed by atoms with Crippen molar-refractivity contribution in [3.63, 3.8) is 0 Å². The van der Waals surface area contributed by atoms with Gasteiger partial charge >= 0.3 is 0 Å². The first-order valence-electron chi connectivity index (χ1n) is 8.18. The molecule has 1 atom stereocenters. The zero-order valence-corrected chi connectivity index (χ0v) is 14.5. The van der Waals surface area contributed by atoms with Crippen LogP contribution in [0, 0.1) is 6.92 Å². The summed E-state index contributed by atoms with van der Waals surface area (Å²) >= 11 is 0. The van der Waals surface area contributed by atoms with Gasteiger partial charge in [0.25, 0.3) is 0 Å². The van der Waals surface area contributed by atoms with Crippen molar-refractivity contribution in [2.45, 2.75) is 46.6 Å². The van der Waals surface area contributed by atoms with Gasteiger partial charge in [-0.3, -0.25) is 4.79 Å². The van der Waals surface area contributed by atoms with Crippen LogP contribution >= 0.6 is 0 Å². The minimum Gasteiger partial charge on any atom is -0.471 e. The molecule has 7 heteroatoms. The summed E-state index contributed by atoms with van der Waals surface area (Å²) in [6.07, 6.45) is 2.82. The fourth-order valence-electron chi connectivity index (χ4n) is 2.61. The molecule has 1 saturated heterocycles. The Hall–Kier alpha value is -2.18. The molecule has 1 amide bonds. The molecule has 3 rings (SSSR count). The molecule has 0 spiro atoms. The number of hydrogen-bond acceptors (Lipinski definition) is 5. The van der Waals surface area contributed by atoms with Gasteiger partial charge in [0.2, 0.25) is 11.8 Å². The molecule has 126 valence electrons. The number of fused-ring (bicyclic) bond motifs is 1. The van der Waals surface area contributed by atoms with Crippen molar-refractivity contribution in [1.29, 1.82) is 0 Å². The predicted molar refractivity (Wildman–Crippen MR) is 88.3 cm³/mol. The highest BCUT2D eigenvalue weighted by Gasteiger charge is 2.28. The van der Waals surface area contributed by atoms with Gasteiger partial charge < -0.3 is 14.2 Å². The van der Waals surface area contributed by atoms with Crippen LogP contribution in [0.25, 0.3) is 11.2 Å². The number of aromatic nitrogens is 4. The summed E-state index contributed by atoms with van der Waals surface area (Å²) in [5.74, 6) is 1.53. The van der Waals surface area contributed by atoms with E-state index in [1.807, 2.05) is 44.2 Å². The molecule has 2 aromatic heterocycles. The second-order valence-corrected chi connectivity index (χ2v) is 5.29. The van der Waals surface area contributed by atoms with Crippen molar-refractivity contribution in [2.24, 2.45) is 7.05 Å². The first-order chi connectivity index (χ1) is 11.1. The Bertz CT molecular complexity index is 682. The van der Waals surface area contributed by atoms with E-state index < -0.39 is 0 Å². The number of imidazole rings is 1. The summed E-state index contributed by atoms with van der Waals surface area (Å²) in [5.41, 5.74) is 1.44. The molecular formula is C16H25N5O2. The smallest absolute Gasteiger partial charge is 0.245 e. The summed E-state index contributed by atoms with van der Waals surface area (Å²) in [4.78, 5) is 26.4. The Labute approximate surface area is 136 Å². The van der Waals surface area contributed by atoms with Crippen LogP contribution in [0.3, 0.4) is 0 Å². The predicted octanol–water partition coefficient (Wildman–Crippen LogP) is 2.09. The van der Waals surface area contributed by atoms with E-state index in [1.165, 1.54) is 6.33 Å². The standard InChI is InChI=1S/C14H19N5O2.C2H6/c1-4-11(20)19-6-5-10(7-19)21-14-12-13(15-8-16-14)18(3)9(2)17-12;1-2/h8,10H,4-7H2,1-3H3;1-2H3/t10-;/m0./s1. The van der Waals surface area contributed by atoms with Crippen molar-refractivity contribution in [1.82, 2.24) is 24.4 Å². The number of likely N-dealkylation sites (tertiary alicyclic amines) is 1. The molecule has 2 aromatic rings. The topological polar surface area (TPSA) is 73.1 Å². The molecule has 0 radical (unpaired) electrons. The Morgan fingerprint density at radius 1 is 1.39 bits per heavy atom. The molecule has 0 aromatic carbocycles. The number of nitrogens with zero attached hydrogens (tertiary/aromatic N) is 5. The van der Waals surface area contributed by atoms with E-state index in [4.69, 9.17) is 4.74 Å². The first-order valence-corrected chi connectivity index (χ1v) is 8.18. The monoisotopic (exact) mass is 319 g/mol. The second kappa shape index (κ2) is 7.39. The summed E-state index contributed by atoms with van der Waals surface area (Å²) in [7, 11) is 1.92. The maximum Gasteiger partial charge on any atom is 0.245 e. The molecule has 1 fully saturated rings. The molecule has 0 N–H and O–H groups in total. The Morgan fingerprint density at radius 2 is 2.13 bits per heavy atom. The fraction of sp³-hybridized carbons (Fsp3) is 0.625. The van der Waals surface area contributed by atoms with Crippen LogP contribution in [-0.4, -0.2) is 49.5 Å². The lowest BCUT2D eigenvalue weighted by Gasteiger charge is -2.16. The molecule has 0 aliphatic carbocycles. The SMILES string of the molecule is CC.CCC(=O)N1CC[C@H](Oc2ncnc3c2nc(C)n3C)C1. The summed E-state index contributed by atoms with van der Waals surface area (Å²) in [6, 6.07) is 0. The number of ether oxygens (including phenoxy) is 1. The van der Waals surface area contributed by atoms with E-state index in [-0.39, 0.29) is 12.0 Å². The third-order valence-electron chi connectivity index (χ3n) is 3.92. The van der Waals surface area contributed by atoms with E-state index in [9.17, 15) is 4.79 Å². The van der Waals surface area contributed by atoms with E-state index in [0.717, 1.165) is 24.4 Å². The van der Waals surface area contributed by atoms with Crippen molar-refractivity contribution >= 4 is 17.1 Å². The molecule has 3 heterocycles. The summed E-state index contributed by atoms with van der Waals surface area (Å²) in [6.45, 7) is 9.15. The zero-order valence-electron chi connectivity index (χ0n) is 14.5. The van der Waals surface area contributed by atoms with Crippen LogP contribution in [0.4, 0.5) is 0 Å². The minimum absolute atomic E-state index is 0.0269. The second-order valence-electron chi connectivity index (χ2n) is 5.29. The first kappa shape index (κ1) is 17.2. The Morgan fingerprint density at radius 3 is 2.83 bits per heavy atom. The lowest BCUT2D eigenvalue weighted by Crippen LogP contribution is -2.30. The van der Waals surface area contributed by atoms with Gasteiger partial charge in [0.1, 0.15) is 18.3 Å². The number of carbonyl (C=O) groups excluding carboxylic acids is 1. The van der Waals surface area contributed by atoms with Gasteiger partial charge in [-0.15, -0.1) is 0 Å². The van der Waals surface area contributed by atoms with Crippen molar-refractivity contribution < 1.29 is 9.53 Å². The van der Waals surface area contributed by atoms with E-state index in [2.05, 4.69) is 15.0 Å². The number of amides is 1. The summed E-state index contributed by atoms with van der Waals surface area (Å²) in [5, 5.41) is 0. The van der Waals surface area contributed by atoms with Gasteiger partial charge in [0.15, 0.2) is 11.2 Å². The number of aryl methyl sites for hydroxylation is 2. The van der Waals surface area contributed by atoms with Gasteiger partial charge in [-0.05, 0) is 6.92 Å². The van der Waals surface area contributed by atoms with Crippen LogP contribution in [0.15, 0.2) is 6.33 Å².